The minimum absolute atomic E-state index is 0.0776. The molecule has 3 N–H and O–H groups in total. The lowest BCUT2D eigenvalue weighted by Crippen LogP contribution is -2.37. The van der Waals surface area contributed by atoms with Crippen molar-refractivity contribution in [1.82, 2.24) is 5.32 Å². The normalized spacial score (nSPS) is 22.3. The topological polar surface area (TPSA) is 64.3 Å². The lowest BCUT2D eigenvalue weighted by atomic mass is 9.85. The van der Waals surface area contributed by atoms with Gasteiger partial charge in [0.2, 0.25) is 5.91 Å². The van der Waals surface area contributed by atoms with Crippen molar-refractivity contribution < 1.29 is 9.53 Å². The average Bonchev–Trinajstić information content (AvgIpc) is 2.45. The van der Waals surface area contributed by atoms with Crippen molar-refractivity contribution in [3.05, 3.63) is 29.8 Å². The van der Waals surface area contributed by atoms with Crippen LogP contribution in [0.25, 0.3) is 0 Å². The molecule has 1 fully saturated rings. The summed E-state index contributed by atoms with van der Waals surface area (Å²) >= 11 is 0. The maximum Gasteiger partial charge on any atom is 0.223 e. The van der Waals surface area contributed by atoms with Crippen molar-refractivity contribution in [2.24, 2.45) is 11.7 Å². The van der Waals surface area contributed by atoms with Gasteiger partial charge < -0.3 is 15.8 Å². The molecule has 110 valence electrons. The molecule has 0 aromatic heterocycles. The highest BCUT2D eigenvalue weighted by molar-refractivity contribution is 5.78. The Labute approximate surface area is 120 Å². The van der Waals surface area contributed by atoms with Crippen LogP contribution in [-0.2, 0) is 11.3 Å². The SMILES string of the molecule is CCOc1cccc(CNC(=O)C2CCCC(N)C2)c1. The van der Waals surface area contributed by atoms with Crippen LogP contribution < -0.4 is 15.8 Å². The minimum atomic E-state index is 0.0776. The summed E-state index contributed by atoms with van der Waals surface area (Å²) in [7, 11) is 0. The molecule has 2 rings (SSSR count). The zero-order chi connectivity index (χ0) is 14.4. The van der Waals surface area contributed by atoms with Crippen LogP contribution in [-0.4, -0.2) is 18.6 Å². The molecule has 1 aliphatic rings. The van der Waals surface area contributed by atoms with E-state index in [1.54, 1.807) is 0 Å². The van der Waals surface area contributed by atoms with E-state index in [2.05, 4.69) is 5.32 Å². The number of hydrogen-bond donors (Lipinski definition) is 2. The number of carbonyl (C=O) groups excluding carboxylic acids is 1. The highest BCUT2D eigenvalue weighted by atomic mass is 16.5. The molecule has 1 aromatic carbocycles. The molecule has 1 amide bonds. The molecule has 1 aromatic rings. The zero-order valence-corrected chi connectivity index (χ0v) is 12.1. The van der Waals surface area contributed by atoms with Crippen molar-refractivity contribution in [1.29, 1.82) is 0 Å². The molecule has 4 nitrogen and oxygen atoms in total. The minimum Gasteiger partial charge on any atom is -0.494 e. The van der Waals surface area contributed by atoms with E-state index in [1.807, 2.05) is 31.2 Å². The van der Waals surface area contributed by atoms with Crippen molar-refractivity contribution in [3.63, 3.8) is 0 Å². The Morgan fingerprint density at radius 3 is 3.05 bits per heavy atom. The highest BCUT2D eigenvalue weighted by Gasteiger charge is 2.24. The predicted molar refractivity (Wildman–Crippen MR) is 79.4 cm³/mol. The van der Waals surface area contributed by atoms with Crippen LogP contribution in [0, 0.1) is 5.92 Å². The van der Waals surface area contributed by atoms with E-state index in [9.17, 15) is 4.79 Å². The average molecular weight is 276 g/mol. The molecule has 0 aliphatic heterocycles. The Hall–Kier alpha value is -1.55. The number of nitrogens with two attached hydrogens (primary N) is 1. The third-order valence-corrected chi connectivity index (χ3v) is 3.76. The quantitative estimate of drug-likeness (QED) is 0.866. The first-order valence-electron chi connectivity index (χ1n) is 7.44. The Morgan fingerprint density at radius 2 is 2.30 bits per heavy atom. The number of nitrogens with one attached hydrogen (secondary N) is 1. The molecule has 0 radical (unpaired) electrons. The number of amides is 1. The third kappa shape index (κ3) is 4.23. The van der Waals surface area contributed by atoms with Gasteiger partial charge in [-0.2, -0.15) is 0 Å². The summed E-state index contributed by atoms with van der Waals surface area (Å²) in [6, 6.07) is 8.02. The third-order valence-electron chi connectivity index (χ3n) is 3.76. The van der Waals surface area contributed by atoms with Crippen LogP contribution in [0.2, 0.25) is 0 Å². The van der Waals surface area contributed by atoms with Crippen LogP contribution in [0.15, 0.2) is 24.3 Å². The second-order valence-corrected chi connectivity index (χ2v) is 5.42. The molecular weight excluding hydrogens is 252 g/mol. The van der Waals surface area contributed by atoms with Crippen LogP contribution in [0.4, 0.5) is 0 Å². The summed E-state index contributed by atoms with van der Waals surface area (Å²) in [4.78, 5) is 12.1. The highest BCUT2D eigenvalue weighted by Crippen LogP contribution is 2.23. The van der Waals surface area contributed by atoms with Gasteiger partial charge in [0.15, 0.2) is 0 Å². The second-order valence-electron chi connectivity index (χ2n) is 5.42. The fourth-order valence-corrected chi connectivity index (χ4v) is 2.71. The smallest absolute Gasteiger partial charge is 0.223 e. The Morgan fingerprint density at radius 1 is 1.45 bits per heavy atom. The van der Waals surface area contributed by atoms with Crippen molar-refractivity contribution >= 4 is 5.91 Å². The van der Waals surface area contributed by atoms with Crippen molar-refractivity contribution in [2.75, 3.05) is 6.61 Å². The van der Waals surface area contributed by atoms with E-state index < -0.39 is 0 Å². The fraction of sp³-hybridized carbons (Fsp3) is 0.562. The summed E-state index contributed by atoms with van der Waals surface area (Å²) in [5.74, 6) is 1.05. The standard InChI is InChI=1S/C16H24N2O2/c1-2-20-15-8-3-5-12(9-15)11-18-16(19)13-6-4-7-14(17)10-13/h3,5,8-9,13-14H,2,4,6-7,10-11,17H2,1H3,(H,18,19). The van der Waals surface area contributed by atoms with Gasteiger partial charge in [-0.3, -0.25) is 4.79 Å². The maximum absolute atomic E-state index is 12.1. The van der Waals surface area contributed by atoms with Crippen LogP contribution in [0.3, 0.4) is 0 Å². The van der Waals surface area contributed by atoms with Gasteiger partial charge in [0.05, 0.1) is 6.61 Å². The van der Waals surface area contributed by atoms with Crippen LogP contribution >= 0.6 is 0 Å². The molecule has 1 saturated carbocycles. The van der Waals surface area contributed by atoms with Gasteiger partial charge in [-0.25, -0.2) is 0 Å². The Balaban J connectivity index is 1.85. The first-order chi connectivity index (χ1) is 9.69. The molecule has 2 unspecified atom stereocenters. The summed E-state index contributed by atoms with van der Waals surface area (Å²) in [6.07, 6.45) is 3.86. The van der Waals surface area contributed by atoms with Gasteiger partial charge >= 0.3 is 0 Å². The number of rotatable bonds is 5. The summed E-state index contributed by atoms with van der Waals surface area (Å²) in [6.45, 7) is 3.15. The summed E-state index contributed by atoms with van der Waals surface area (Å²) < 4.78 is 5.45. The molecule has 2 atom stereocenters. The van der Waals surface area contributed by atoms with Crippen molar-refractivity contribution in [2.45, 2.75) is 45.2 Å². The molecule has 4 heteroatoms. The fourth-order valence-electron chi connectivity index (χ4n) is 2.71. The largest absolute Gasteiger partial charge is 0.494 e. The molecule has 0 saturated heterocycles. The molecule has 1 aliphatic carbocycles. The van der Waals surface area contributed by atoms with E-state index in [0.717, 1.165) is 37.0 Å². The van der Waals surface area contributed by atoms with Gasteiger partial charge in [-0.1, -0.05) is 18.6 Å². The second kappa shape index (κ2) is 7.29. The van der Waals surface area contributed by atoms with Crippen LogP contribution in [0.5, 0.6) is 5.75 Å². The molecule has 0 heterocycles. The Bertz CT molecular complexity index is 448. The number of ether oxygens (including phenoxy) is 1. The number of carbonyl (C=O) groups is 1. The maximum atomic E-state index is 12.1. The van der Waals surface area contributed by atoms with E-state index in [0.29, 0.717) is 13.2 Å². The van der Waals surface area contributed by atoms with Gasteiger partial charge in [-0.15, -0.1) is 0 Å². The molecule has 0 spiro atoms. The van der Waals surface area contributed by atoms with Crippen LogP contribution in [0.1, 0.15) is 38.2 Å². The van der Waals surface area contributed by atoms with E-state index >= 15 is 0 Å². The zero-order valence-electron chi connectivity index (χ0n) is 12.1. The first kappa shape index (κ1) is 14.9. The monoisotopic (exact) mass is 276 g/mol. The van der Waals surface area contributed by atoms with E-state index in [4.69, 9.17) is 10.5 Å². The first-order valence-corrected chi connectivity index (χ1v) is 7.44. The summed E-state index contributed by atoms with van der Waals surface area (Å²) in [5, 5.41) is 3.01. The van der Waals surface area contributed by atoms with E-state index in [-0.39, 0.29) is 17.9 Å². The number of benzene rings is 1. The molecular formula is C16H24N2O2. The van der Waals surface area contributed by atoms with Gasteiger partial charge in [0.25, 0.3) is 0 Å². The number of hydrogen-bond acceptors (Lipinski definition) is 3. The summed E-state index contributed by atoms with van der Waals surface area (Å²) in [5.41, 5.74) is 6.99. The van der Waals surface area contributed by atoms with Gasteiger partial charge in [0.1, 0.15) is 5.75 Å². The van der Waals surface area contributed by atoms with Crippen molar-refractivity contribution in [3.8, 4) is 5.75 Å². The lowest BCUT2D eigenvalue weighted by molar-refractivity contribution is -0.126. The molecule has 0 bridgehead atoms. The lowest BCUT2D eigenvalue weighted by Gasteiger charge is -2.25. The van der Waals surface area contributed by atoms with Gasteiger partial charge in [-0.05, 0) is 43.9 Å². The molecule has 20 heavy (non-hydrogen) atoms. The van der Waals surface area contributed by atoms with Gasteiger partial charge in [0, 0.05) is 18.5 Å². The predicted octanol–water partition coefficient (Wildman–Crippen LogP) is 2.22. The Kier molecular flexibility index (Phi) is 5.41. The van der Waals surface area contributed by atoms with E-state index in [1.165, 1.54) is 0 Å².